The Balaban J connectivity index is 3.35. The molecule has 2 nitrogen and oxygen atoms in total. The smallest absolute Gasteiger partial charge is 0.0412 e. The molecular weight excluding hydrogens is 148 g/mol. The number of unbranched alkanes of at least 4 members (excludes halogenated alkanes) is 2. The number of hydrogen-bond acceptors (Lipinski definition) is 2. The molecule has 0 aromatic rings. The Kier molecular flexibility index (Phi) is 7.06. The van der Waals surface area contributed by atoms with E-state index in [0.717, 1.165) is 6.54 Å². The third-order valence-electron chi connectivity index (χ3n) is 2.03. The molecule has 0 spiro atoms. The molecule has 1 unspecified atom stereocenters. The average Bonchev–Trinajstić information content (AvgIpc) is 2.03. The van der Waals surface area contributed by atoms with Crippen LogP contribution in [0.4, 0.5) is 0 Å². The van der Waals surface area contributed by atoms with Crippen LogP contribution in [-0.2, 0) is 0 Å². The van der Waals surface area contributed by atoms with E-state index in [4.69, 9.17) is 0 Å². The Morgan fingerprint density at radius 2 is 2.00 bits per heavy atom. The molecule has 0 aliphatic rings. The summed E-state index contributed by atoms with van der Waals surface area (Å²) in [5.74, 6) is 0. The highest BCUT2D eigenvalue weighted by atomic mass is 15.1. The van der Waals surface area contributed by atoms with Gasteiger partial charge in [0.05, 0.1) is 0 Å². The fraction of sp³-hybridized carbons (Fsp3) is 0.900. The fourth-order valence-corrected chi connectivity index (χ4v) is 0.814. The highest BCUT2D eigenvalue weighted by Crippen LogP contribution is 1.94. The minimum Gasteiger partial charge on any atom is -0.302 e. The second kappa shape index (κ2) is 7.29. The molecule has 0 saturated heterocycles. The normalized spacial score (nSPS) is 14.4. The van der Waals surface area contributed by atoms with Crippen LogP contribution in [0.1, 0.15) is 33.1 Å². The van der Waals surface area contributed by atoms with E-state index >= 15 is 0 Å². The van der Waals surface area contributed by atoms with Gasteiger partial charge in [0.2, 0.25) is 0 Å². The van der Waals surface area contributed by atoms with Gasteiger partial charge in [0.25, 0.3) is 0 Å². The zero-order chi connectivity index (χ0) is 9.40. The van der Waals surface area contributed by atoms with E-state index in [-0.39, 0.29) is 0 Å². The molecule has 0 aromatic carbocycles. The third-order valence-corrected chi connectivity index (χ3v) is 2.03. The largest absolute Gasteiger partial charge is 0.302 e. The van der Waals surface area contributed by atoms with Gasteiger partial charge in [0, 0.05) is 18.8 Å². The van der Waals surface area contributed by atoms with E-state index in [1.54, 1.807) is 0 Å². The van der Waals surface area contributed by atoms with E-state index < -0.39 is 0 Å². The van der Waals surface area contributed by atoms with Crippen LogP contribution in [0.2, 0.25) is 0 Å². The molecule has 0 radical (unpaired) electrons. The molecule has 0 aromatic heterocycles. The van der Waals surface area contributed by atoms with Gasteiger partial charge in [-0.1, -0.05) is 19.8 Å². The summed E-state index contributed by atoms with van der Waals surface area (Å²) >= 11 is 0. The van der Waals surface area contributed by atoms with Crippen LogP contribution < -0.4 is 0 Å². The van der Waals surface area contributed by atoms with Crippen LogP contribution in [0.15, 0.2) is 4.99 Å². The lowest BCUT2D eigenvalue weighted by molar-refractivity contribution is 0.386. The molecule has 0 heterocycles. The Bertz CT molecular complexity index is 119. The molecular formula is C10H22N2. The van der Waals surface area contributed by atoms with Crippen LogP contribution in [0, 0.1) is 0 Å². The molecule has 72 valence electrons. The first-order valence-corrected chi connectivity index (χ1v) is 4.84. The van der Waals surface area contributed by atoms with Gasteiger partial charge in [0.1, 0.15) is 0 Å². The summed E-state index contributed by atoms with van der Waals surface area (Å²) in [6, 6.07) is 0.464. The van der Waals surface area contributed by atoms with Crippen molar-refractivity contribution in [1.82, 2.24) is 4.90 Å². The molecule has 0 amide bonds. The summed E-state index contributed by atoms with van der Waals surface area (Å²) in [5, 5.41) is 0. The Hall–Kier alpha value is -0.370. The van der Waals surface area contributed by atoms with Crippen LogP contribution >= 0.6 is 0 Å². The Labute approximate surface area is 76.7 Å². The molecule has 12 heavy (non-hydrogen) atoms. The molecule has 1 atom stereocenters. The van der Waals surface area contributed by atoms with Crippen molar-refractivity contribution in [3.05, 3.63) is 0 Å². The maximum absolute atomic E-state index is 4.36. The lowest BCUT2D eigenvalue weighted by atomic mass is 10.2. The maximum atomic E-state index is 4.36. The van der Waals surface area contributed by atoms with Gasteiger partial charge in [-0.25, -0.2) is 0 Å². The van der Waals surface area contributed by atoms with Crippen LogP contribution in [-0.4, -0.2) is 37.8 Å². The summed E-state index contributed by atoms with van der Waals surface area (Å²) in [4.78, 5) is 6.52. The molecule has 0 saturated carbocycles. The monoisotopic (exact) mass is 170 g/mol. The molecule has 0 aliphatic carbocycles. The first kappa shape index (κ1) is 11.6. The highest BCUT2D eigenvalue weighted by molar-refractivity contribution is 5.63. The summed E-state index contributed by atoms with van der Waals surface area (Å²) in [6.07, 6.45) is 5.84. The van der Waals surface area contributed by atoms with Crippen LogP contribution in [0.3, 0.4) is 0 Å². The predicted molar refractivity (Wildman–Crippen MR) is 56.0 cm³/mol. The summed E-state index contributed by atoms with van der Waals surface area (Å²) in [7, 11) is 4.14. The minimum atomic E-state index is 0.464. The standard InChI is InChI=1S/C10H22N2/c1-5-6-7-8-11-9-10(2)12(3)4/h9-10H,5-8H2,1-4H3. The van der Waals surface area contributed by atoms with Crippen molar-refractivity contribution in [2.24, 2.45) is 4.99 Å². The van der Waals surface area contributed by atoms with Crippen molar-refractivity contribution in [3.63, 3.8) is 0 Å². The number of rotatable bonds is 6. The highest BCUT2D eigenvalue weighted by Gasteiger charge is 1.97. The Morgan fingerprint density at radius 3 is 2.50 bits per heavy atom. The fourth-order valence-electron chi connectivity index (χ4n) is 0.814. The second-order valence-electron chi connectivity index (χ2n) is 3.47. The average molecular weight is 170 g/mol. The third kappa shape index (κ3) is 6.35. The number of aliphatic imine (C=N–C) groups is 1. The summed E-state index contributed by atoms with van der Waals surface area (Å²) in [6.45, 7) is 5.36. The molecule has 0 bridgehead atoms. The van der Waals surface area contributed by atoms with Crippen LogP contribution in [0.5, 0.6) is 0 Å². The van der Waals surface area contributed by atoms with Gasteiger partial charge in [0.15, 0.2) is 0 Å². The molecule has 0 fully saturated rings. The lowest BCUT2D eigenvalue weighted by Gasteiger charge is -2.14. The lowest BCUT2D eigenvalue weighted by Crippen LogP contribution is -2.25. The van der Waals surface area contributed by atoms with Crippen molar-refractivity contribution in [2.75, 3.05) is 20.6 Å². The molecule has 0 rings (SSSR count). The van der Waals surface area contributed by atoms with Gasteiger partial charge in [-0.05, 0) is 27.4 Å². The zero-order valence-electron chi connectivity index (χ0n) is 8.88. The van der Waals surface area contributed by atoms with E-state index in [1.807, 2.05) is 6.21 Å². The van der Waals surface area contributed by atoms with Gasteiger partial charge in [-0.15, -0.1) is 0 Å². The van der Waals surface area contributed by atoms with Crippen molar-refractivity contribution in [3.8, 4) is 0 Å². The first-order chi connectivity index (χ1) is 5.68. The zero-order valence-corrected chi connectivity index (χ0v) is 8.88. The quantitative estimate of drug-likeness (QED) is 0.441. The van der Waals surface area contributed by atoms with Crippen LogP contribution in [0.25, 0.3) is 0 Å². The van der Waals surface area contributed by atoms with Gasteiger partial charge in [-0.3, -0.25) is 4.99 Å². The van der Waals surface area contributed by atoms with E-state index in [2.05, 4.69) is 37.8 Å². The van der Waals surface area contributed by atoms with Crippen molar-refractivity contribution >= 4 is 6.21 Å². The van der Waals surface area contributed by atoms with E-state index in [1.165, 1.54) is 19.3 Å². The summed E-state index contributed by atoms with van der Waals surface area (Å²) in [5.41, 5.74) is 0. The molecule has 0 aliphatic heterocycles. The number of hydrogen-bond donors (Lipinski definition) is 0. The summed E-state index contributed by atoms with van der Waals surface area (Å²) < 4.78 is 0. The molecule has 2 heteroatoms. The Morgan fingerprint density at radius 1 is 1.33 bits per heavy atom. The predicted octanol–water partition coefficient (Wildman–Crippen LogP) is 2.20. The van der Waals surface area contributed by atoms with E-state index in [0.29, 0.717) is 6.04 Å². The maximum Gasteiger partial charge on any atom is 0.0412 e. The van der Waals surface area contributed by atoms with Gasteiger partial charge in [-0.2, -0.15) is 0 Å². The van der Waals surface area contributed by atoms with Crippen molar-refractivity contribution < 1.29 is 0 Å². The number of nitrogens with zero attached hydrogens (tertiary/aromatic N) is 2. The first-order valence-electron chi connectivity index (χ1n) is 4.84. The van der Waals surface area contributed by atoms with Gasteiger partial charge >= 0.3 is 0 Å². The SMILES string of the molecule is CCCCCN=CC(C)N(C)C. The van der Waals surface area contributed by atoms with Crippen molar-refractivity contribution in [2.45, 2.75) is 39.2 Å². The molecule has 0 N–H and O–H groups in total. The minimum absolute atomic E-state index is 0.464. The second-order valence-corrected chi connectivity index (χ2v) is 3.47. The topological polar surface area (TPSA) is 15.6 Å². The van der Waals surface area contributed by atoms with E-state index in [9.17, 15) is 0 Å². The van der Waals surface area contributed by atoms with Crippen molar-refractivity contribution in [1.29, 1.82) is 0 Å². The van der Waals surface area contributed by atoms with Gasteiger partial charge < -0.3 is 4.90 Å².